The van der Waals surface area contributed by atoms with Gasteiger partial charge in [-0.2, -0.15) is 0 Å². The highest BCUT2D eigenvalue weighted by Crippen LogP contribution is 2.39. The lowest BCUT2D eigenvalue weighted by Crippen LogP contribution is -2.45. The number of methoxy groups -OCH3 is 3. The van der Waals surface area contributed by atoms with Crippen LogP contribution in [0.1, 0.15) is 32.3 Å². The molecule has 7 nitrogen and oxygen atoms in total. The minimum Gasteiger partial charge on any atom is -0.493 e. The van der Waals surface area contributed by atoms with Gasteiger partial charge in [0, 0.05) is 25.3 Å². The van der Waals surface area contributed by atoms with Gasteiger partial charge in [-0.1, -0.05) is 0 Å². The average molecular weight is 493 g/mol. The van der Waals surface area contributed by atoms with Gasteiger partial charge in [-0.3, -0.25) is 0 Å². The highest BCUT2D eigenvalue weighted by Gasteiger charge is 2.29. The van der Waals surface area contributed by atoms with Crippen LogP contribution < -0.4 is 24.8 Å². The van der Waals surface area contributed by atoms with E-state index in [2.05, 4.69) is 22.5 Å². The van der Waals surface area contributed by atoms with Crippen molar-refractivity contribution in [3.8, 4) is 17.2 Å². The van der Waals surface area contributed by atoms with E-state index in [1.54, 1.807) is 21.3 Å². The molecule has 0 bridgehead atoms. The summed E-state index contributed by atoms with van der Waals surface area (Å²) >= 11 is 0. The number of hydrogen-bond donors (Lipinski definition) is 2. The molecule has 27 heavy (non-hydrogen) atoms. The number of ether oxygens (including phenoxy) is 4. The zero-order valence-corrected chi connectivity index (χ0v) is 19.2. The number of nitrogens with zero attached hydrogens (tertiary/aromatic N) is 1. The van der Waals surface area contributed by atoms with E-state index >= 15 is 0 Å². The van der Waals surface area contributed by atoms with Crippen LogP contribution >= 0.6 is 24.0 Å². The average Bonchev–Trinajstić information content (AvgIpc) is 3.09. The van der Waals surface area contributed by atoms with Crippen LogP contribution in [-0.2, 0) is 11.3 Å². The van der Waals surface area contributed by atoms with E-state index in [1.807, 2.05) is 19.1 Å². The summed E-state index contributed by atoms with van der Waals surface area (Å²) in [5.74, 6) is 2.60. The first-order valence-corrected chi connectivity index (χ1v) is 9.01. The Hall–Kier alpha value is -1.42. The van der Waals surface area contributed by atoms with Gasteiger partial charge in [-0.25, -0.2) is 4.99 Å². The van der Waals surface area contributed by atoms with Gasteiger partial charge in [0.25, 0.3) is 0 Å². The molecule has 8 heteroatoms. The monoisotopic (exact) mass is 493 g/mol. The van der Waals surface area contributed by atoms with Crippen LogP contribution in [0.2, 0.25) is 0 Å². The molecule has 1 unspecified atom stereocenters. The summed E-state index contributed by atoms with van der Waals surface area (Å²) in [5, 5.41) is 6.65. The number of benzene rings is 1. The summed E-state index contributed by atoms with van der Waals surface area (Å²) in [4.78, 5) is 4.68. The normalized spacial score (nSPS) is 19.2. The van der Waals surface area contributed by atoms with Crippen LogP contribution in [0.5, 0.6) is 17.2 Å². The first kappa shape index (κ1) is 23.6. The van der Waals surface area contributed by atoms with E-state index in [4.69, 9.17) is 18.9 Å². The standard InChI is InChI=1S/C19H31N3O4.HI/c1-6-20-18(22-13-19(2)10-7-11-26-19)21-12-14-8-9-15(23-3)17(25-5)16(14)24-4;/h8-9H,6-7,10-13H2,1-5H3,(H2,20,21,22);1H. The summed E-state index contributed by atoms with van der Waals surface area (Å²) in [6.07, 6.45) is 2.16. The zero-order valence-electron chi connectivity index (χ0n) is 16.9. The SMILES string of the molecule is CCNC(=NCc1ccc(OC)c(OC)c1OC)NCC1(C)CCCO1.I. The van der Waals surface area contributed by atoms with Gasteiger partial charge in [-0.05, 0) is 38.8 Å². The molecule has 0 aromatic heterocycles. The Morgan fingerprint density at radius 3 is 2.44 bits per heavy atom. The van der Waals surface area contributed by atoms with Crippen molar-refractivity contribution in [1.82, 2.24) is 10.6 Å². The maximum absolute atomic E-state index is 5.83. The van der Waals surface area contributed by atoms with Crippen LogP contribution in [0, 0.1) is 0 Å². The summed E-state index contributed by atoms with van der Waals surface area (Å²) in [7, 11) is 4.82. The molecule has 1 atom stereocenters. The maximum Gasteiger partial charge on any atom is 0.203 e. The van der Waals surface area contributed by atoms with Crippen molar-refractivity contribution in [3.63, 3.8) is 0 Å². The number of hydrogen-bond acceptors (Lipinski definition) is 5. The fourth-order valence-corrected chi connectivity index (χ4v) is 3.04. The van der Waals surface area contributed by atoms with Gasteiger partial charge in [-0.15, -0.1) is 24.0 Å². The number of nitrogens with one attached hydrogen (secondary N) is 2. The van der Waals surface area contributed by atoms with Crippen LogP contribution in [0.25, 0.3) is 0 Å². The third-order valence-corrected chi connectivity index (χ3v) is 4.47. The Morgan fingerprint density at radius 2 is 1.89 bits per heavy atom. The van der Waals surface area contributed by atoms with Crippen molar-refractivity contribution in [2.24, 2.45) is 4.99 Å². The lowest BCUT2D eigenvalue weighted by Gasteiger charge is -2.24. The number of halogens is 1. The van der Waals surface area contributed by atoms with Gasteiger partial charge in [0.1, 0.15) is 0 Å². The molecule has 1 aliphatic rings. The topological polar surface area (TPSA) is 73.3 Å². The maximum atomic E-state index is 5.83. The highest BCUT2D eigenvalue weighted by atomic mass is 127. The van der Waals surface area contributed by atoms with E-state index in [9.17, 15) is 0 Å². The Kier molecular flexibility index (Phi) is 10.00. The summed E-state index contributed by atoms with van der Waals surface area (Å²) in [6, 6.07) is 3.80. The van der Waals surface area contributed by atoms with E-state index in [-0.39, 0.29) is 29.6 Å². The quantitative estimate of drug-likeness (QED) is 0.330. The first-order chi connectivity index (χ1) is 12.6. The summed E-state index contributed by atoms with van der Waals surface area (Å²) in [5.41, 5.74) is 0.794. The largest absolute Gasteiger partial charge is 0.493 e. The van der Waals surface area contributed by atoms with Gasteiger partial charge in [0.15, 0.2) is 17.5 Å². The molecule has 1 aliphatic heterocycles. The van der Waals surface area contributed by atoms with Crippen LogP contribution in [0.4, 0.5) is 0 Å². The summed E-state index contributed by atoms with van der Waals surface area (Å²) < 4.78 is 22.1. The van der Waals surface area contributed by atoms with Crippen molar-refractivity contribution in [1.29, 1.82) is 0 Å². The molecule has 0 saturated carbocycles. The Bertz CT molecular complexity index is 619. The molecule has 2 N–H and O–H groups in total. The van der Waals surface area contributed by atoms with Gasteiger partial charge in [0.2, 0.25) is 5.75 Å². The minimum atomic E-state index is -0.128. The molecule has 154 valence electrons. The van der Waals surface area contributed by atoms with Crippen molar-refractivity contribution in [3.05, 3.63) is 17.7 Å². The predicted octanol–water partition coefficient (Wildman–Crippen LogP) is 2.95. The van der Waals surface area contributed by atoms with Gasteiger partial charge >= 0.3 is 0 Å². The van der Waals surface area contributed by atoms with E-state index < -0.39 is 0 Å². The lowest BCUT2D eigenvalue weighted by molar-refractivity contribution is 0.0243. The Balaban J connectivity index is 0.00000364. The number of guanidine groups is 1. The predicted molar refractivity (Wildman–Crippen MR) is 118 cm³/mol. The molecule has 0 radical (unpaired) electrons. The van der Waals surface area contributed by atoms with Crippen molar-refractivity contribution in [2.45, 2.75) is 38.8 Å². The molecule has 2 rings (SSSR count). The Morgan fingerprint density at radius 1 is 1.15 bits per heavy atom. The van der Waals surface area contributed by atoms with Gasteiger partial charge in [0.05, 0.1) is 33.5 Å². The highest BCUT2D eigenvalue weighted by molar-refractivity contribution is 14.0. The van der Waals surface area contributed by atoms with Crippen LogP contribution in [0.15, 0.2) is 17.1 Å². The smallest absolute Gasteiger partial charge is 0.203 e. The number of rotatable bonds is 8. The molecule has 0 aliphatic carbocycles. The van der Waals surface area contributed by atoms with E-state index in [0.29, 0.717) is 23.8 Å². The van der Waals surface area contributed by atoms with E-state index in [1.165, 1.54) is 0 Å². The molecule has 1 heterocycles. The first-order valence-electron chi connectivity index (χ1n) is 9.01. The molecular formula is C19H32IN3O4. The number of aliphatic imine (C=N–C) groups is 1. The summed E-state index contributed by atoms with van der Waals surface area (Å²) in [6.45, 7) is 6.97. The van der Waals surface area contributed by atoms with Crippen LogP contribution in [-0.4, -0.2) is 52.6 Å². The molecule has 1 saturated heterocycles. The molecular weight excluding hydrogens is 461 g/mol. The van der Waals surface area contributed by atoms with Crippen molar-refractivity contribution in [2.75, 3.05) is 41.0 Å². The third-order valence-electron chi connectivity index (χ3n) is 4.47. The van der Waals surface area contributed by atoms with Crippen LogP contribution in [0.3, 0.4) is 0 Å². The second-order valence-corrected chi connectivity index (χ2v) is 6.44. The van der Waals surface area contributed by atoms with E-state index in [0.717, 1.165) is 44.1 Å². The fourth-order valence-electron chi connectivity index (χ4n) is 3.04. The lowest BCUT2D eigenvalue weighted by atomic mass is 10.0. The molecule has 0 amide bonds. The minimum absolute atomic E-state index is 0. The molecule has 1 aromatic carbocycles. The van der Waals surface area contributed by atoms with Crippen molar-refractivity contribution >= 4 is 29.9 Å². The fraction of sp³-hybridized carbons (Fsp3) is 0.632. The molecule has 0 spiro atoms. The third kappa shape index (κ3) is 6.31. The second kappa shape index (κ2) is 11.4. The van der Waals surface area contributed by atoms with Gasteiger partial charge < -0.3 is 29.6 Å². The zero-order chi connectivity index (χ0) is 19.0. The molecule has 1 fully saturated rings. The van der Waals surface area contributed by atoms with Crippen molar-refractivity contribution < 1.29 is 18.9 Å². The Labute approximate surface area is 179 Å². The molecule has 1 aromatic rings. The second-order valence-electron chi connectivity index (χ2n) is 6.44.